The fourth-order valence-corrected chi connectivity index (χ4v) is 1.88. The first kappa shape index (κ1) is 14.2. The van der Waals surface area contributed by atoms with E-state index < -0.39 is 0 Å². The monoisotopic (exact) mass is 261 g/mol. The molecular weight excluding hydrogens is 241 g/mol. The molecule has 0 amide bonds. The van der Waals surface area contributed by atoms with Gasteiger partial charge in [0.1, 0.15) is 0 Å². The third-order valence-corrected chi connectivity index (χ3v) is 3.78. The van der Waals surface area contributed by atoms with Crippen LogP contribution in [0.2, 0.25) is 0 Å². The maximum absolute atomic E-state index is 9.22. The largest absolute Gasteiger partial charge is 0.487 e. The topological polar surface area (TPSA) is 51.6 Å². The van der Waals surface area contributed by atoms with Crippen molar-refractivity contribution < 1.29 is 14.4 Å². The van der Waals surface area contributed by atoms with Gasteiger partial charge in [0, 0.05) is 6.20 Å². The van der Waals surface area contributed by atoms with E-state index in [1.54, 1.807) is 6.20 Å². The van der Waals surface area contributed by atoms with Crippen molar-refractivity contribution in [3.63, 3.8) is 0 Å². The van der Waals surface area contributed by atoms with Crippen LogP contribution in [0.15, 0.2) is 24.3 Å². The van der Waals surface area contributed by atoms with Gasteiger partial charge >= 0.3 is 7.12 Å². The molecule has 1 aliphatic rings. The second kappa shape index (κ2) is 5.08. The quantitative estimate of drug-likeness (QED) is 0.847. The van der Waals surface area contributed by atoms with Crippen LogP contribution in [-0.4, -0.2) is 28.4 Å². The van der Waals surface area contributed by atoms with E-state index in [2.05, 4.69) is 4.98 Å². The van der Waals surface area contributed by atoms with E-state index in [0.29, 0.717) is 5.69 Å². The van der Waals surface area contributed by atoms with Gasteiger partial charge in [0.2, 0.25) is 0 Å². The van der Waals surface area contributed by atoms with Gasteiger partial charge in [-0.2, -0.15) is 0 Å². The van der Waals surface area contributed by atoms with Gasteiger partial charge in [-0.05, 0) is 39.3 Å². The molecule has 0 spiro atoms. The van der Waals surface area contributed by atoms with Crippen molar-refractivity contribution in [1.82, 2.24) is 4.98 Å². The number of hydrogen-bond acceptors (Lipinski definition) is 4. The highest BCUT2D eigenvalue weighted by atomic mass is 16.7. The minimum Gasteiger partial charge on any atom is -0.400 e. The van der Waals surface area contributed by atoms with E-state index in [-0.39, 0.29) is 24.9 Å². The van der Waals surface area contributed by atoms with E-state index in [9.17, 15) is 5.11 Å². The number of nitrogens with zero attached hydrogens (tertiary/aromatic N) is 1. The van der Waals surface area contributed by atoms with Crippen molar-refractivity contribution in [2.75, 3.05) is 0 Å². The molecule has 4 nitrogen and oxygen atoms in total. The number of hydrogen-bond donors (Lipinski definition) is 1. The van der Waals surface area contributed by atoms with Gasteiger partial charge in [-0.15, -0.1) is 0 Å². The first-order valence-corrected chi connectivity index (χ1v) is 6.44. The normalized spacial score (nSPS) is 21.2. The summed E-state index contributed by atoms with van der Waals surface area (Å²) < 4.78 is 11.7. The lowest BCUT2D eigenvalue weighted by Gasteiger charge is -2.32. The highest BCUT2D eigenvalue weighted by Crippen LogP contribution is 2.37. The fraction of sp³-hybridized carbons (Fsp3) is 0.500. The van der Waals surface area contributed by atoms with Crippen molar-refractivity contribution in [3.05, 3.63) is 35.6 Å². The van der Waals surface area contributed by atoms with Crippen LogP contribution < -0.4 is 0 Å². The molecule has 0 aliphatic carbocycles. The molecule has 0 saturated carbocycles. The van der Waals surface area contributed by atoms with Crippen LogP contribution in [0.5, 0.6) is 0 Å². The zero-order valence-corrected chi connectivity index (χ0v) is 11.9. The second-order valence-corrected chi connectivity index (χ2v) is 5.68. The highest BCUT2D eigenvalue weighted by molar-refractivity contribution is 6.52. The molecule has 102 valence electrons. The Hall–Kier alpha value is -1.17. The predicted octanol–water partition coefficient (Wildman–Crippen LogP) is 2.22. The Bertz CT molecular complexity index is 469. The molecule has 1 N–H and O–H groups in total. The van der Waals surface area contributed by atoms with Gasteiger partial charge in [-0.3, -0.25) is 4.98 Å². The summed E-state index contributed by atoms with van der Waals surface area (Å²) in [7, 11) is -0.378. The lowest BCUT2D eigenvalue weighted by atomic mass is 9.89. The number of aromatic nitrogens is 1. The fourth-order valence-electron chi connectivity index (χ4n) is 1.88. The number of aliphatic hydroxyl groups excluding tert-OH is 1. The summed E-state index contributed by atoms with van der Waals surface area (Å²) in [5.41, 5.74) is 0.850. The van der Waals surface area contributed by atoms with Crippen LogP contribution in [0.4, 0.5) is 0 Å². The molecule has 0 aromatic carbocycles. The first-order valence-electron chi connectivity index (χ1n) is 6.44. The Morgan fingerprint density at radius 2 is 1.89 bits per heavy atom. The van der Waals surface area contributed by atoms with Crippen LogP contribution >= 0.6 is 0 Å². The van der Waals surface area contributed by atoms with Gasteiger partial charge in [0.05, 0.1) is 23.5 Å². The maximum atomic E-state index is 9.22. The molecule has 2 heterocycles. The molecule has 5 heteroatoms. The third-order valence-electron chi connectivity index (χ3n) is 3.78. The van der Waals surface area contributed by atoms with Crippen LogP contribution in [0, 0.1) is 0 Å². The highest BCUT2D eigenvalue weighted by Gasteiger charge is 2.49. The smallest absolute Gasteiger partial charge is 0.400 e. The maximum Gasteiger partial charge on any atom is 0.487 e. The minimum atomic E-state index is -0.378. The van der Waals surface area contributed by atoms with E-state index in [1.165, 1.54) is 0 Å². The van der Waals surface area contributed by atoms with Crippen LogP contribution in [0.3, 0.4) is 0 Å². The average Bonchev–Trinajstić information content (AvgIpc) is 2.55. The van der Waals surface area contributed by atoms with Crippen LogP contribution in [-0.2, 0) is 15.9 Å². The SMILES string of the molecule is CC1(C)OB(/C=C/c2cccnc2CO)OC1(C)C. The summed E-state index contributed by atoms with van der Waals surface area (Å²) in [5.74, 6) is 1.85. The van der Waals surface area contributed by atoms with Crippen molar-refractivity contribution in [3.8, 4) is 0 Å². The molecule has 0 radical (unpaired) electrons. The third kappa shape index (κ3) is 2.89. The standard InChI is InChI=1S/C14H20BNO3/c1-13(2)14(3,4)19-15(18-13)8-7-11-6-5-9-16-12(11)10-17/h5-9,17H,10H2,1-4H3/b8-7+. The molecule has 1 fully saturated rings. The molecule has 0 atom stereocenters. The average molecular weight is 261 g/mol. The molecule has 1 aromatic heterocycles. The van der Waals surface area contributed by atoms with Gasteiger partial charge < -0.3 is 14.4 Å². The Morgan fingerprint density at radius 3 is 2.47 bits per heavy atom. The summed E-state index contributed by atoms with van der Waals surface area (Å²) >= 11 is 0. The van der Waals surface area contributed by atoms with Gasteiger partial charge in [-0.1, -0.05) is 18.1 Å². The molecule has 0 bridgehead atoms. The molecular formula is C14H20BNO3. The minimum absolute atomic E-state index is 0.0795. The molecule has 1 aromatic rings. The molecule has 19 heavy (non-hydrogen) atoms. The van der Waals surface area contributed by atoms with Crippen molar-refractivity contribution in [1.29, 1.82) is 0 Å². The Kier molecular flexibility index (Phi) is 3.81. The van der Waals surface area contributed by atoms with Crippen molar-refractivity contribution >= 4 is 13.2 Å². The summed E-state index contributed by atoms with van der Waals surface area (Å²) in [6.07, 6.45) is 3.54. The van der Waals surface area contributed by atoms with Gasteiger partial charge in [0.15, 0.2) is 0 Å². The molecule has 1 saturated heterocycles. The lowest BCUT2D eigenvalue weighted by Crippen LogP contribution is -2.41. The van der Waals surface area contributed by atoms with Gasteiger partial charge in [-0.25, -0.2) is 0 Å². The number of rotatable bonds is 3. The summed E-state index contributed by atoms with van der Waals surface area (Å²) in [6, 6.07) is 3.74. The van der Waals surface area contributed by atoms with Gasteiger partial charge in [0.25, 0.3) is 0 Å². The molecule has 0 unspecified atom stereocenters. The van der Waals surface area contributed by atoms with Crippen LogP contribution in [0.1, 0.15) is 39.0 Å². The number of aliphatic hydroxyl groups is 1. The summed E-state index contributed by atoms with van der Waals surface area (Å²) in [5, 5.41) is 9.22. The first-order chi connectivity index (χ1) is 8.86. The summed E-state index contributed by atoms with van der Waals surface area (Å²) in [4.78, 5) is 4.12. The van der Waals surface area contributed by atoms with Crippen molar-refractivity contribution in [2.45, 2.75) is 45.5 Å². The van der Waals surface area contributed by atoms with Crippen molar-refractivity contribution in [2.24, 2.45) is 0 Å². The Morgan fingerprint density at radius 1 is 1.26 bits per heavy atom. The Balaban J connectivity index is 2.13. The van der Waals surface area contributed by atoms with E-state index in [0.717, 1.165) is 5.56 Å². The zero-order valence-electron chi connectivity index (χ0n) is 11.9. The van der Waals surface area contributed by atoms with E-state index in [4.69, 9.17) is 9.31 Å². The number of pyridine rings is 1. The van der Waals surface area contributed by atoms with E-state index >= 15 is 0 Å². The predicted molar refractivity (Wildman–Crippen MR) is 75.3 cm³/mol. The lowest BCUT2D eigenvalue weighted by molar-refractivity contribution is 0.00578. The summed E-state index contributed by atoms with van der Waals surface area (Å²) in [6.45, 7) is 7.99. The Labute approximate surface area is 114 Å². The second-order valence-electron chi connectivity index (χ2n) is 5.68. The molecule has 2 rings (SSSR count). The zero-order chi connectivity index (χ0) is 14.1. The molecule has 1 aliphatic heterocycles. The van der Waals surface area contributed by atoms with E-state index in [1.807, 2.05) is 51.9 Å². The van der Waals surface area contributed by atoms with Crippen LogP contribution in [0.25, 0.3) is 6.08 Å².